The number of hydrogen-bond donors (Lipinski definition) is 2. The average Bonchev–Trinajstić information content (AvgIpc) is 2.22. The van der Waals surface area contributed by atoms with Gasteiger partial charge in [-0.1, -0.05) is 23.2 Å². The Morgan fingerprint density at radius 2 is 2.12 bits per heavy atom. The van der Waals surface area contributed by atoms with Crippen LogP contribution < -0.4 is 5.32 Å². The minimum Gasteiger partial charge on any atom is -0.396 e. The van der Waals surface area contributed by atoms with Crippen molar-refractivity contribution in [3.05, 3.63) is 28.2 Å². The first-order valence-corrected chi connectivity index (χ1v) is 5.78. The minimum absolute atomic E-state index is 0.109. The molecule has 1 aromatic carbocycles. The van der Waals surface area contributed by atoms with Crippen molar-refractivity contribution in [1.29, 1.82) is 0 Å². The fourth-order valence-corrected chi connectivity index (χ4v) is 1.91. The zero-order valence-electron chi connectivity index (χ0n) is 8.67. The molecule has 2 N–H and O–H groups in total. The largest absolute Gasteiger partial charge is 0.396 e. The van der Waals surface area contributed by atoms with Crippen LogP contribution in [-0.4, -0.2) is 31.5 Å². The minimum atomic E-state index is -0.175. The Balaban J connectivity index is 2.01. The Hall–Kier alpha value is -0.480. The third kappa shape index (κ3) is 2.43. The van der Waals surface area contributed by atoms with Crippen LogP contribution in [0.1, 0.15) is 0 Å². The van der Waals surface area contributed by atoms with Gasteiger partial charge in [0.15, 0.2) is 0 Å². The van der Waals surface area contributed by atoms with Crippen molar-refractivity contribution in [2.75, 3.05) is 31.7 Å². The summed E-state index contributed by atoms with van der Waals surface area (Å²) >= 11 is 11.9. The number of hydrogen-bond acceptors (Lipinski definition) is 3. The van der Waals surface area contributed by atoms with Crippen molar-refractivity contribution in [2.24, 2.45) is 5.41 Å². The molecule has 16 heavy (non-hydrogen) atoms. The van der Waals surface area contributed by atoms with Crippen LogP contribution in [0, 0.1) is 5.41 Å². The summed E-state index contributed by atoms with van der Waals surface area (Å²) in [4.78, 5) is 0. The van der Waals surface area contributed by atoms with E-state index in [-0.39, 0.29) is 12.0 Å². The average molecular weight is 262 g/mol. The zero-order valence-corrected chi connectivity index (χ0v) is 10.2. The van der Waals surface area contributed by atoms with Crippen molar-refractivity contribution < 1.29 is 9.84 Å². The molecule has 0 aliphatic carbocycles. The standard InChI is InChI=1S/C11H13Cl2NO2/c12-8-1-2-9(13)10(3-8)14-4-11(5-15)6-16-7-11/h1-3,14-15H,4-7H2. The van der Waals surface area contributed by atoms with Crippen LogP contribution in [0.5, 0.6) is 0 Å². The number of benzene rings is 1. The summed E-state index contributed by atoms with van der Waals surface area (Å²) < 4.78 is 5.11. The quantitative estimate of drug-likeness (QED) is 0.875. The van der Waals surface area contributed by atoms with E-state index in [1.807, 2.05) is 0 Å². The van der Waals surface area contributed by atoms with E-state index in [4.69, 9.17) is 27.9 Å². The van der Waals surface area contributed by atoms with Crippen LogP contribution in [0.15, 0.2) is 18.2 Å². The molecule has 0 saturated carbocycles. The van der Waals surface area contributed by atoms with Crippen LogP contribution in [0.25, 0.3) is 0 Å². The molecule has 1 fully saturated rings. The second-order valence-corrected chi connectivity index (χ2v) is 4.97. The van der Waals surface area contributed by atoms with Gasteiger partial charge in [-0.15, -0.1) is 0 Å². The van der Waals surface area contributed by atoms with E-state index in [0.29, 0.717) is 29.8 Å². The molecule has 0 unspecified atom stereocenters. The number of rotatable bonds is 4. The molecule has 1 saturated heterocycles. The second kappa shape index (κ2) is 4.80. The third-order valence-corrected chi connectivity index (χ3v) is 3.30. The number of anilines is 1. The SMILES string of the molecule is OCC1(CNc2cc(Cl)ccc2Cl)COC1. The molecule has 1 aromatic rings. The van der Waals surface area contributed by atoms with E-state index >= 15 is 0 Å². The molecule has 2 rings (SSSR count). The highest BCUT2D eigenvalue weighted by atomic mass is 35.5. The van der Waals surface area contributed by atoms with E-state index in [9.17, 15) is 5.11 Å². The van der Waals surface area contributed by atoms with Gasteiger partial charge in [0, 0.05) is 11.6 Å². The summed E-state index contributed by atoms with van der Waals surface area (Å²) in [6.45, 7) is 1.89. The Kier molecular flexibility index (Phi) is 3.60. The Morgan fingerprint density at radius 3 is 2.69 bits per heavy atom. The van der Waals surface area contributed by atoms with Gasteiger partial charge < -0.3 is 15.2 Å². The maximum atomic E-state index is 9.26. The van der Waals surface area contributed by atoms with Gasteiger partial charge >= 0.3 is 0 Å². The van der Waals surface area contributed by atoms with E-state index in [0.717, 1.165) is 5.69 Å². The van der Waals surface area contributed by atoms with Gasteiger partial charge in [-0.2, -0.15) is 0 Å². The number of ether oxygens (including phenoxy) is 1. The predicted octanol–water partition coefficient (Wildman–Crippen LogP) is 2.41. The van der Waals surface area contributed by atoms with Gasteiger partial charge in [0.2, 0.25) is 0 Å². The van der Waals surface area contributed by atoms with Crippen LogP contribution >= 0.6 is 23.2 Å². The lowest BCUT2D eigenvalue weighted by atomic mass is 9.87. The van der Waals surface area contributed by atoms with Crippen molar-refractivity contribution in [3.8, 4) is 0 Å². The molecular formula is C11H13Cl2NO2. The molecule has 0 atom stereocenters. The summed E-state index contributed by atoms with van der Waals surface area (Å²) in [6, 6.07) is 5.26. The highest BCUT2D eigenvalue weighted by Crippen LogP contribution is 2.30. The van der Waals surface area contributed by atoms with Crippen LogP contribution in [-0.2, 0) is 4.74 Å². The lowest BCUT2D eigenvalue weighted by Gasteiger charge is -2.40. The highest BCUT2D eigenvalue weighted by Gasteiger charge is 2.37. The van der Waals surface area contributed by atoms with Gasteiger partial charge in [0.25, 0.3) is 0 Å². The molecule has 3 nitrogen and oxygen atoms in total. The molecule has 0 amide bonds. The van der Waals surface area contributed by atoms with E-state index in [1.54, 1.807) is 18.2 Å². The normalized spacial score (nSPS) is 17.9. The second-order valence-electron chi connectivity index (χ2n) is 4.13. The number of nitrogens with one attached hydrogen (secondary N) is 1. The summed E-state index contributed by atoms with van der Waals surface area (Å²) in [6.07, 6.45) is 0. The highest BCUT2D eigenvalue weighted by molar-refractivity contribution is 6.35. The molecule has 0 aromatic heterocycles. The van der Waals surface area contributed by atoms with Gasteiger partial charge in [0.1, 0.15) is 0 Å². The van der Waals surface area contributed by atoms with E-state index < -0.39 is 0 Å². The molecule has 1 aliphatic heterocycles. The zero-order chi connectivity index (χ0) is 11.6. The van der Waals surface area contributed by atoms with E-state index in [1.165, 1.54) is 0 Å². The third-order valence-electron chi connectivity index (χ3n) is 2.73. The summed E-state index contributed by atoms with van der Waals surface area (Å²) in [5, 5.41) is 13.7. The first-order valence-electron chi connectivity index (χ1n) is 5.03. The van der Waals surface area contributed by atoms with Gasteiger partial charge in [-0.25, -0.2) is 0 Å². The lowest BCUT2D eigenvalue weighted by molar-refractivity contribution is -0.128. The van der Waals surface area contributed by atoms with Crippen molar-refractivity contribution in [1.82, 2.24) is 0 Å². The Bertz CT molecular complexity index is 375. The van der Waals surface area contributed by atoms with Crippen molar-refractivity contribution in [3.63, 3.8) is 0 Å². The maximum absolute atomic E-state index is 9.26. The Labute approximate surface area is 104 Å². The monoisotopic (exact) mass is 261 g/mol. The smallest absolute Gasteiger partial charge is 0.0638 e. The summed E-state index contributed by atoms with van der Waals surface area (Å²) in [5.74, 6) is 0. The fourth-order valence-electron chi connectivity index (χ4n) is 1.56. The van der Waals surface area contributed by atoms with Crippen LogP contribution in [0.2, 0.25) is 10.0 Å². The van der Waals surface area contributed by atoms with Crippen molar-refractivity contribution >= 4 is 28.9 Å². The molecule has 1 aliphatic rings. The van der Waals surface area contributed by atoms with Crippen molar-refractivity contribution in [2.45, 2.75) is 0 Å². The number of aliphatic hydroxyl groups is 1. The van der Waals surface area contributed by atoms with Crippen LogP contribution in [0.4, 0.5) is 5.69 Å². The molecule has 0 radical (unpaired) electrons. The topological polar surface area (TPSA) is 41.5 Å². The molecule has 0 spiro atoms. The molecule has 1 heterocycles. The van der Waals surface area contributed by atoms with Gasteiger partial charge in [0.05, 0.1) is 35.9 Å². The number of aliphatic hydroxyl groups excluding tert-OH is 1. The fraction of sp³-hybridized carbons (Fsp3) is 0.455. The first kappa shape index (κ1) is 12.0. The summed E-state index contributed by atoms with van der Waals surface area (Å²) in [5.41, 5.74) is 0.611. The molecule has 88 valence electrons. The van der Waals surface area contributed by atoms with Gasteiger partial charge in [-0.05, 0) is 18.2 Å². The Morgan fingerprint density at radius 1 is 1.38 bits per heavy atom. The molecule has 5 heteroatoms. The molecule has 0 bridgehead atoms. The lowest BCUT2D eigenvalue weighted by Crippen LogP contribution is -2.50. The first-order chi connectivity index (χ1) is 7.65. The van der Waals surface area contributed by atoms with Crippen LogP contribution in [0.3, 0.4) is 0 Å². The maximum Gasteiger partial charge on any atom is 0.0638 e. The predicted molar refractivity (Wildman–Crippen MR) is 65.3 cm³/mol. The molecular weight excluding hydrogens is 249 g/mol. The van der Waals surface area contributed by atoms with Gasteiger partial charge in [-0.3, -0.25) is 0 Å². The summed E-state index contributed by atoms with van der Waals surface area (Å²) in [7, 11) is 0. The number of halogens is 2. The van der Waals surface area contributed by atoms with E-state index in [2.05, 4.69) is 5.32 Å².